The standard InChI is InChI=1S/C32H44N2O2/c1-23-7-3-17-33(21-23)19-5-9-30(35)26-13-11-25-12-14-28-27(15-16-29(26)32(25)28)31(36)10-6-20-34-18-4-8-24(2)22-34/h11,13,15-16,23-24H,3-10,12,14,17-22H2,1-2H3. The van der Waals surface area contributed by atoms with E-state index >= 15 is 0 Å². The molecule has 36 heavy (non-hydrogen) atoms. The SMILES string of the molecule is CC1CCCN(CCCC(=O)c2ccc3c(C(=O)CCCN4CCCC(C)C4)ccc4c3c2CC4)C1. The van der Waals surface area contributed by atoms with Gasteiger partial charge in [0.15, 0.2) is 11.6 Å². The van der Waals surface area contributed by atoms with Crippen LogP contribution in [0.4, 0.5) is 0 Å². The maximum absolute atomic E-state index is 13.3. The molecule has 4 nitrogen and oxygen atoms in total. The molecular formula is C32H44N2O2. The molecule has 2 aromatic rings. The van der Waals surface area contributed by atoms with Gasteiger partial charge in [0.05, 0.1) is 0 Å². The van der Waals surface area contributed by atoms with Crippen molar-refractivity contribution in [3.05, 3.63) is 46.5 Å². The quantitative estimate of drug-likeness (QED) is 0.367. The first kappa shape index (κ1) is 25.6. The van der Waals surface area contributed by atoms with Gasteiger partial charge in [0, 0.05) is 37.1 Å². The number of nitrogens with zero attached hydrogens (tertiary/aromatic N) is 2. The van der Waals surface area contributed by atoms with Crippen LogP contribution < -0.4 is 0 Å². The Morgan fingerprint density at radius 1 is 0.778 bits per heavy atom. The van der Waals surface area contributed by atoms with E-state index in [0.717, 1.165) is 67.1 Å². The van der Waals surface area contributed by atoms with Crippen molar-refractivity contribution in [3.63, 3.8) is 0 Å². The second-order valence-electron chi connectivity index (χ2n) is 11.9. The molecule has 4 heteroatoms. The van der Waals surface area contributed by atoms with Crippen molar-refractivity contribution in [3.8, 4) is 0 Å². The topological polar surface area (TPSA) is 40.6 Å². The number of carbonyl (C=O) groups excluding carboxylic acids is 2. The van der Waals surface area contributed by atoms with E-state index < -0.39 is 0 Å². The molecule has 0 aromatic heterocycles. The van der Waals surface area contributed by atoms with E-state index in [1.165, 1.54) is 68.4 Å². The molecule has 2 aromatic carbocycles. The first-order chi connectivity index (χ1) is 17.5. The molecular weight excluding hydrogens is 444 g/mol. The molecule has 3 aliphatic rings. The van der Waals surface area contributed by atoms with E-state index in [2.05, 4.69) is 35.8 Å². The van der Waals surface area contributed by atoms with E-state index in [4.69, 9.17) is 0 Å². The molecule has 2 atom stereocenters. The third-order valence-electron chi connectivity index (χ3n) is 8.86. The second kappa shape index (κ2) is 11.6. The highest BCUT2D eigenvalue weighted by atomic mass is 16.1. The van der Waals surface area contributed by atoms with Crippen LogP contribution in [-0.2, 0) is 12.8 Å². The minimum Gasteiger partial charge on any atom is -0.303 e. The molecule has 0 amide bonds. The van der Waals surface area contributed by atoms with Crippen molar-refractivity contribution >= 4 is 22.3 Å². The van der Waals surface area contributed by atoms with Gasteiger partial charge in [0.1, 0.15) is 0 Å². The largest absolute Gasteiger partial charge is 0.303 e. The molecule has 2 aliphatic heterocycles. The zero-order valence-corrected chi connectivity index (χ0v) is 22.5. The average molecular weight is 489 g/mol. The van der Waals surface area contributed by atoms with E-state index in [1.54, 1.807) is 0 Å². The Morgan fingerprint density at radius 3 is 1.97 bits per heavy atom. The Labute approximate surface area is 217 Å². The van der Waals surface area contributed by atoms with Crippen molar-refractivity contribution in [1.82, 2.24) is 9.80 Å². The lowest BCUT2D eigenvalue weighted by Crippen LogP contribution is -2.35. The van der Waals surface area contributed by atoms with Gasteiger partial charge in [-0.2, -0.15) is 0 Å². The van der Waals surface area contributed by atoms with Crippen LogP contribution in [-0.4, -0.2) is 60.6 Å². The second-order valence-corrected chi connectivity index (χ2v) is 11.9. The van der Waals surface area contributed by atoms with Crippen LogP contribution in [0.3, 0.4) is 0 Å². The molecule has 2 fully saturated rings. The van der Waals surface area contributed by atoms with Crippen LogP contribution in [0, 0.1) is 11.8 Å². The molecule has 5 rings (SSSR count). The molecule has 0 saturated carbocycles. The number of hydrogen-bond acceptors (Lipinski definition) is 4. The first-order valence-electron chi connectivity index (χ1n) is 14.6. The summed E-state index contributed by atoms with van der Waals surface area (Å²) >= 11 is 0. The van der Waals surface area contributed by atoms with Gasteiger partial charge in [-0.25, -0.2) is 0 Å². The third-order valence-corrected chi connectivity index (χ3v) is 8.86. The van der Waals surface area contributed by atoms with Gasteiger partial charge in [0.25, 0.3) is 0 Å². The van der Waals surface area contributed by atoms with Gasteiger partial charge in [-0.05, 0) is 111 Å². The smallest absolute Gasteiger partial charge is 0.163 e. The Kier molecular flexibility index (Phi) is 8.22. The maximum atomic E-state index is 13.3. The van der Waals surface area contributed by atoms with Gasteiger partial charge in [-0.15, -0.1) is 0 Å². The number of piperidine rings is 2. The van der Waals surface area contributed by atoms with Crippen molar-refractivity contribution in [1.29, 1.82) is 0 Å². The molecule has 0 radical (unpaired) electrons. The fraction of sp³-hybridized carbons (Fsp3) is 0.625. The summed E-state index contributed by atoms with van der Waals surface area (Å²) in [5.74, 6) is 2.08. The number of hydrogen-bond donors (Lipinski definition) is 0. The molecule has 194 valence electrons. The molecule has 0 bridgehead atoms. The van der Waals surface area contributed by atoms with Crippen molar-refractivity contribution in [2.24, 2.45) is 11.8 Å². The lowest BCUT2D eigenvalue weighted by molar-refractivity contribution is 0.0963. The van der Waals surface area contributed by atoms with Gasteiger partial charge in [0.2, 0.25) is 0 Å². The number of rotatable bonds is 10. The predicted molar refractivity (Wildman–Crippen MR) is 148 cm³/mol. The first-order valence-corrected chi connectivity index (χ1v) is 14.6. The van der Waals surface area contributed by atoms with Crippen LogP contribution >= 0.6 is 0 Å². The van der Waals surface area contributed by atoms with Gasteiger partial charge < -0.3 is 9.80 Å². The Morgan fingerprint density at radius 2 is 1.36 bits per heavy atom. The average Bonchev–Trinajstić information content (AvgIpc) is 3.30. The van der Waals surface area contributed by atoms with Crippen molar-refractivity contribution in [2.75, 3.05) is 39.3 Å². The fourth-order valence-corrected chi connectivity index (χ4v) is 7.00. The van der Waals surface area contributed by atoms with E-state index in [0.29, 0.717) is 12.8 Å². The van der Waals surface area contributed by atoms with Crippen LogP contribution in [0.15, 0.2) is 24.3 Å². The number of likely N-dealkylation sites (tertiary alicyclic amines) is 2. The Balaban J connectivity index is 1.23. The molecule has 0 N–H and O–H groups in total. The monoisotopic (exact) mass is 488 g/mol. The van der Waals surface area contributed by atoms with Crippen molar-refractivity contribution in [2.45, 2.75) is 78.1 Å². The number of aryl methyl sites for hydroxylation is 2. The van der Waals surface area contributed by atoms with Crippen LogP contribution in [0.2, 0.25) is 0 Å². The number of benzene rings is 2. The predicted octanol–water partition coefficient (Wildman–Crippen LogP) is 6.33. The highest BCUT2D eigenvalue weighted by molar-refractivity contribution is 6.12. The summed E-state index contributed by atoms with van der Waals surface area (Å²) in [6.45, 7) is 11.4. The lowest BCUT2D eigenvalue weighted by Gasteiger charge is -2.30. The molecule has 0 spiro atoms. The Bertz CT molecular complexity index is 1110. The summed E-state index contributed by atoms with van der Waals surface area (Å²) in [6.07, 6.45) is 10.2. The molecule has 2 heterocycles. The summed E-state index contributed by atoms with van der Waals surface area (Å²) in [5.41, 5.74) is 4.24. The number of Topliss-reactive ketones (excluding diaryl/α,β-unsaturated/α-hetero) is 2. The normalized spacial score (nSPS) is 22.8. The van der Waals surface area contributed by atoms with Crippen LogP contribution in [0.5, 0.6) is 0 Å². The number of ketones is 2. The highest BCUT2D eigenvalue weighted by Crippen LogP contribution is 2.36. The summed E-state index contributed by atoms with van der Waals surface area (Å²) in [4.78, 5) is 31.5. The van der Waals surface area contributed by atoms with E-state index in [1.807, 2.05) is 12.1 Å². The van der Waals surface area contributed by atoms with E-state index in [9.17, 15) is 9.59 Å². The van der Waals surface area contributed by atoms with Crippen LogP contribution in [0.1, 0.15) is 97.1 Å². The molecule has 1 aliphatic carbocycles. The number of carbonyl (C=O) groups is 2. The summed E-state index contributed by atoms with van der Waals surface area (Å²) in [5, 5.41) is 2.26. The summed E-state index contributed by atoms with van der Waals surface area (Å²) in [7, 11) is 0. The molecule has 2 unspecified atom stereocenters. The lowest BCUT2D eigenvalue weighted by atomic mass is 9.91. The van der Waals surface area contributed by atoms with Gasteiger partial charge in [-0.1, -0.05) is 38.1 Å². The third kappa shape index (κ3) is 5.75. The van der Waals surface area contributed by atoms with Crippen LogP contribution in [0.25, 0.3) is 10.8 Å². The Hall–Kier alpha value is -2.04. The van der Waals surface area contributed by atoms with E-state index in [-0.39, 0.29) is 11.6 Å². The minimum absolute atomic E-state index is 0.249. The zero-order chi connectivity index (χ0) is 25.1. The summed E-state index contributed by atoms with van der Waals surface area (Å²) in [6, 6.07) is 8.26. The van der Waals surface area contributed by atoms with Gasteiger partial charge >= 0.3 is 0 Å². The maximum Gasteiger partial charge on any atom is 0.163 e. The minimum atomic E-state index is 0.249. The van der Waals surface area contributed by atoms with Gasteiger partial charge in [-0.3, -0.25) is 9.59 Å². The molecule has 2 saturated heterocycles. The highest BCUT2D eigenvalue weighted by Gasteiger charge is 2.24. The fourth-order valence-electron chi connectivity index (χ4n) is 7.00. The summed E-state index contributed by atoms with van der Waals surface area (Å²) < 4.78 is 0. The van der Waals surface area contributed by atoms with Crippen molar-refractivity contribution < 1.29 is 9.59 Å². The zero-order valence-electron chi connectivity index (χ0n) is 22.5.